The first-order valence-corrected chi connectivity index (χ1v) is 6.57. The molecule has 0 saturated heterocycles. The fraction of sp³-hybridized carbons (Fsp3) is 0.167. The third kappa shape index (κ3) is 2.72. The monoisotopic (exact) mass is 330 g/mol. The molecule has 0 aliphatic carbocycles. The molecule has 0 bridgehead atoms. The van der Waals surface area contributed by atoms with Crippen LogP contribution in [0, 0.1) is 9.81 Å². The van der Waals surface area contributed by atoms with Gasteiger partial charge in [0.25, 0.3) is 0 Å². The molecule has 0 unspecified atom stereocenters. The second-order valence-electron chi connectivity index (χ2n) is 3.48. The highest BCUT2D eigenvalue weighted by atomic mass is 127. The van der Waals surface area contributed by atoms with E-state index >= 15 is 0 Å². The van der Waals surface area contributed by atoms with Gasteiger partial charge in [-0.05, 0) is 65.3 Å². The molecule has 1 N–H and O–H groups in total. The van der Waals surface area contributed by atoms with Crippen LogP contribution in [0.4, 0.5) is 0 Å². The lowest BCUT2D eigenvalue weighted by molar-refractivity contribution is 0.475. The molecule has 0 fully saturated rings. The van der Waals surface area contributed by atoms with Gasteiger partial charge in [-0.15, -0.1) is 11.3 Å². The highest BCUT2D eigenvalue weighted by Gasteiger charge is 2.04. The van der Waals surface area contributed by atoms with Crippen molar-refractivity contribution >= 4 is 33.9 Å². The Bertz CT molecular complexity index is 459. The van der Waals surface area contributed by atoms with E-state index in [1.165, 1.54) is 18.9 Å². The van der Waals surface area contributed by atoms with Crippen LogP contribution < -0.4 is 0 Å². The molecule has 1 heterocycles. The van der Waals surface area contributed by atoms with E-state index in [0.29, 0.717) is 5.75 Å². The van der Waals surface area contributed by atoms with Crippen molar-refractivity contribution in [1.82, 2.24) is 0 Å². The van der Waals surface area contributed by atoms with Gasteiger partial charge in [0.15, 0.2) is 0 Å². The lowest BCUT2D eigenvalue weighted by Gasteiger charge is -2.00. The largest absolute Gasteiger partial charge is 0.508 e. The molecule has 0 aliphatic rings. The number of hydrogen-bond acceptors (Lipinski definition) is 2. The topological polar surface area (TPSA) is 20.2 Å². The van der Waals surface area contributed by atoms with E-state index in [2.05, 4.69) is 35.6 Å². The third-order valence-corrected chi connectivity index (χ3v) is 4.17. The van der Waals surface area contributed by atoms with Crippen LogP contribution >= 0.6 is 33.9 Å². The summed E-state index contributed by atoms with van der Waals surface area (Å²) in [4.78, 5) is 1.38. The van der Waals surface area contributed by atoms with Crippen molar-refractivity contribution in [2.45, 2.75) is 13.3 Å². The van der Waals surface area contributed by atoms with Crippen molar-refractivity contribution in [2.75, 3.05) is 0 Å². The van der Waals surface area contributed by atoms with Gasteiger partial charge in [-0.25, -0.2) is 0 Å². The van der Waals surface area contributed by atoms with Crippen LogP contribution in [0.25, 0.3) is 0 Å². The second-order valence-corrected chi connectivity index (χ2v) is 6.63. The summed E-state index contributed by atoms with van der Waals surface area (Å²) in [5, 5.41) is 9.18. The van der Waals surface area contributed by atoms with Crippen molar-refractivity contribution in [2.24, 2.45) is 0 Å². The molecule has 0 radical (unpaired) electrons. The number of rotatable bonds is 2. The van der Waals surface area contributed by atoms with E-state index in [1.54, 1.807) is 12.1 Å². The van der Waals surface area contributed by atoms with Crippen molar-refractivity contribution < 1.29 is 5.11 Å². The zero-order chi connectivity index (χ0) is 10.8. The Morgan fingerprint density at radius 3 is 2.47 bits per heavy atom. The van der Waals surface area contributed by atoms with Crippen LogP contribution in [0.5, 0.6) is 5.75 Å². The minimum atomic E-state index is 0.329. The van der Waals surface area contributed by atoms with Gasteiger partial charge in [0.1, 0.15) is 5.75 Å². The Balaban J connectivity index is 2.21. The molecule has 2 aromatic rings. The average molecular weight is 330 g/mol. The lowest BCUT2D eigenvalue weighted by atomic mass is 10.1. The first-order chi connectivity index (χ1) is 7.15. The molecule has 0 aliphatic heterocycles. The number of aromatic hydroxyl groups is 1. The van der Waals surface area contributed by atoms with Crippen molar-refractivity contribution in [3.05, 3.63) is 49.2 Å². The highest BCUT2D eigenvalue weighted by Crippen LogP contribution is 2.25. The number of thiophene rings is 1. The van der Waals surface area contributed by atoms with Gasteiger partial charge in [0, 0.05) is 4.88 Å². The molecule has 0 spiro atoms. The van der Waals surface area contributed by atoms with E-state index in [0.717, 1.165) is 6.42 Å². The van der Waals surface area contributed by atoms with Gasteiger partial charge >= 0.3 is 0 Å². The van der Waals surface area contributed by atoms with Crippen LogP contribution in [-0.4, -0.2) is 5.11 Å². The second kappa shape index (κ2) is 4.53. The van der Waals surface area contributed by atoms with E-state index in [4.69, 9.17) is 0 Å². The normalized spacial score (nSPS) is 10.5. The predicted octanol–water partition coefficient (Wildman–Crippen LogP) is 3.96. The van der Waals surface area contributed by atoms with Crippen LogP contribution in [0.15, 0.2) is 30.3 Å². The molecular formula is C12H11IOS. The summed E-state index contributed by atoms with van der Waals surface area (Å²) in [5.74, 6) is 0.329. The summed E-state index contributed by atoms with van der Waals surface area (Å²) in [5.41, 5.74) is 2.63. The van der Waals surface area contributed by atoms with Gasteiger partial charge in [0.2, 0.25) is 0 Å². The summed E-state index contributed by atoms with van der Waals surface area (Å²) in [6.45, 7) is 2.16. The minimum Gasteiger partial charge on any atom is -0.508 e. The quantitative estimate of drug-likeness (QED) is 0.827. The highest BCUT2D eigenvalue weighted by molar-refractivity contribution is 14.1. The van der Waals surface area contributed by atoms with Gasteiger partial charge in [-0.3, -0.25) is 0 Å². The molecule has 1 aromatic carbocycles. The third-order valence-electron chi connectivity index (χ3n) is 2.32. The number of benzene rings is 1. The van der Waals surface area contributed by atoms with Gasteiger partial charge in [-0.1, -0.05) is 12.1 Å². The Morgan fingerprint density at radius 1 is 1.27 bits per heavy atom. The number of hydrogen-bond donors (Lipinski definition) is 1. The molecule has 1 nitrogen and oxygen atoms in total. The molecule has 0 amide bonds. The van der Waals surface area contributed by atoms with Gasteiger partial charge in [-0.2, -0.15) is 0 Å². The maximum atomic E-state index is 9.18. The number of phenolic OH excluding ortho intramolecular Hbond substituents is 1. The summed E-state index contributed by atoms with van der Waals surface area (Å²) in [6.07, 6.45) is 0.950. The predicted molar refractivity (Wildman–Crippen MR) is 72.7 cm³/mol. The SMILES string of the molecule is Cc1sc(I)cc1Cc1ccc(O)cc1. The zero-order valence-corrected chi connectivity index (χ0v) is 11.3. The van der Waals surface area contributed by atoms with Crippen LogP contribution in [-0.2, 0) is 6.42 Å². The zero-order valence-electron chi connectivity index (χ0n) is 8.33. The Labute approximate surface area is 107 Å². The Hall–Kier alpha value is -0.550. The molecule has 15 heavy (non-hydrogen) atoms. The Kier molecular flexibility index (Phi) is 3.31. The standard InChI is InChI=1S/C12H11IOS/c1-8-10(7-12(13)15-8)6-9-2-4-11(14)5-3-9/h2-5,7,14H,6H2,1H3. The summed E-state index contributed by atoms with van der Waals surface area (Å²) < 4.78 is 1.33. The first kappa shape index (κ1) is 11.0. The fourth-order valence-corrected chi connectivity index (χ4v) is 3.61. The fourth-order valence-electron chi connectivity index (χ4n) is 1.49. The summed E-state index contributed by atoms with van der Waals surface area (Å²) in [6, 6.07) is 9.65. The van der Waals surface area contributed by atoms with Crippen LogP contribution in [0.1, 0.15) is 16.0 Å². The van der Waals surface area contributed by atoms with E-state index < -0.39 is 0 Å². The molecule has 0 saturated carbocycles. The average Bonchev–Trinajstić information content (AvgIpc) is 2.49. The van der Waals surface area contributed by atoms with E-state index in [9.17, 15) is 5.11 Å². The number of halogens is 1. The van der Waals surface area contributed by atoms with E-state index in [1.807, 2.05) is 23.5 Å². The van der Waals surface area contributed by atoms with E-state index in [-0.39, 0.29) is 0 Å². The molecule has 2 rings (SSSR count). The van der Waals surface area contributed by atoms with Gasteiger partial charge < -0.3 is 5.11 Å². The van der Waals surface area contributed by atoms with Crippen LogP contribution in [0.2, 0.25) is 0 Å². The smallest absolute Gasteiger partial charge is 0.115 e. The minimum absolute atomic E-state index is 0.329. The molecular weight excluding hydrogens is 319 g/mol. The van der Waals surface area contributed by atoms with Crippen molar-refractivity contribution in [1.29, 1.82) is 0 Å². The summed E-state index contributed by atoms with van der Waals surface area (Å²) >= 11 is 4.18. The van der Waals surface area contributed by atoms with Crippen molar-refractivity contribution in [3.8, 4) is 5.75 Å². The van der Waals surface area contributed by atoms with Crippen molar-refractivity contribution in [3.63, 3.8) is 0 Å². The Morgan fingerprint density at radius 2 is 1.93 bits per heavy atom. The molecule has 78 valence electrons. The number of phenols is 1. The number of aryl methyl sites for hydroxylation is 1. The van der Waals surface area contributed by atoms with Gasteiger partial charge in [0.05, 0.1) is 2.88 Å². The molecule has 1 aromatic heterocycles. The first-order valence-electron chi connectivity index (χ1n) is 4.68. The van der Waals surface area contributed by atoms with Crippen LogP contribution in [0.3, 0.4) is 0 Å². The summed E-state index contributed by atoms with van der Waals surface area (Å²) in [7, 11) is 0. The lowest BCUT2D eigenvalue weighted by Crippen LogP contribution is -1.86. The maximum absolute atomic E-state index is 9.18. The molecule has 0 atom stereocenters. The molecule has 3 heteroatoms. The maximum Gasteiger partial charge on any atom is 0.115 e.